The van der Waals surface area contributed by atoms with Crippen molar-refractivity contribution in [1.82, 2.24) is 0 Å². The third-order valence-electron chi connectivity index (χ3n) is 3.23. The Labute approximate surface area is 130 Å². The Morgan fingerprint density at radius 1 is 0.909 bits per heavy atom. The lowest BCUT2D eigenvalue weighted by Gasteiger charge is -2.11. The number of hydrogen-bond donors (Lipinski definition) is 2. The van der Waals surface area contributed by atoms with Gasteiger partial charge in [-0.15, -0.1) is 0 Å². The minimum absolute atomic E-state index is 0.320. The molecule has 0 aliphatic rings. The van der Waals surface area contributed by atoms with Crippen LogP contribution in [0.15, 0.2) is 42.5 Å². The van der Waals surface area contributed by atoms with Crippen LogP contribution in [0.4, 0.5) is 16.2 Å². The van der Waals surface area contributed by atoms with Gasteiger partial charge in [-0.3, -0.25) is 0 Å². The van der Waals surface area contributed by atoms with Crippen molar-refractivity contribution in [2.24, 2.45) is 0 Å². The third kappa shape index (κ3) is 4.15. The van der Waals surface area contributed by atoms with Crippen LogP contribution in [0.5, 0.6) is 11.5 Å². The number of ether oxygens (including phenoxy) is 2. The first-order valence-electron chi connectivity index (χ1n) is 7.04. The summed E-state index contributed by atoms with van der Waals surface area (Å²) in [6.07, 6.45) is 0.968. The standard InChI is InChI=1S/C17H20N2O3/c1-4-12-5-7-13(8-6-12)18-17(20)19-14-9-15(21-2)11-16(10-14)22-3/h5-11H,4H2,1-3H3,(H2,18,19,20). The fourth-order valence-electron chi connectivity index (χ4n) is 2.00. The van der Waals surface area contributed by atoms with Crippen LogP contribution in [-0.4, -0.2) is 20.3 Å². The Balaban J connectivity index is 2.04. The number of benzene rings is 2. The molecule has 2 N–H and O–H groups in total. The van der Waals surface area contributed by atoms with Gasteiger partial charge in [-0.05, 0) is 24.1 Å². The van der Waals surface area contributed by atoms with Crippen molar-refractivity contribution in [3.63, 3.8) is 0 Å². The summed E-state index contributed by atoms with van der Waals surface area (Å²) in [5, 5.41) is 5.54. The molecule has 0 unspecified atom stereocenters. The van der Waals surface area contributed by atoms with E-state index in [0.29, 0.717) is 17.2 Å². The highest BCUT2D eigenvalue weighted by atomic mass is 16.5. The van der Waals surface area contributed by atoms with Gasteiger partial charge in [-0.1, -0.05) is 19.1 Å². The lowest BCUT2D eigenvalue weighted by molar-refractivity contribution is 0.262. The molecule has 0 fully saturated rings. The highest BCUT2D eigenvalue weighted by Crippen LogP contribution is 2.25. The molecule has 0 aliphatic carbocycles. The van der Waals surface area contributed by atoms with E-state index in [-0.39, 0.29) is 6.03 Å². The molecule has 0 aromatic heterocycles. The van der Waals surface area contributed by atoms with E-state index < -0.39 is 0 Å². The van der Waals surface area contributed by atoms with Crippen molar-refractivity contribution in [3.8, 4) is 11.5 Å². The predicted molar refractivity (Wildman–Crippen MR) is 88.0 cm³/mol. The average molecular weight is 300 g/mol. The van der Waals surface area contributed by atoms with Gasteiger partial charge < -0.3 is 20.1 Å². The van der Waals surface area contributed by atoms with E-state index in [1.54, 1.807) is 32.4 Å². The molecule has 2 amide bonds. The molecule has 0 saturated carbocycles. The largest absolute Gasteiger partial charge is 0.497 e. The summed E-state index contributed by atoms with van der Waals surface area (Å²) in [6.45, 7) is 2.09. The Hall–Kier alpha value is -2.69. The molecular weight excluding hydrogens is 280 g/mol. The Bertz CT molecular complexity index is 617. The zero-order valence-corrected chi connectivity index (χ0v) is 13.0. The van der Waals surface area contributed by atoms with Gasteiger partial charge in [0.15, 0.2) is 0 Å². The number of carbonyl (C=O) groups excluding carboxylic acids is 1. The first-order valence-corrected chi connectivity index (χ1v) is 7.04. The molecule has 22 heavy (non-hydrogen) atoms. The van der Waals surface area contributed by atoms with Gasteiger partial charge in [0.05, 0.1) is 14.2 Å². The zero-order valence-electron chi connectivity index (χ0n) is 13.0. The van der Waals surface area contributed by atoms with Crippen LogP contribution in [-0.2, 0) is 6.42 Å². The van der Waals surface area contributed by atoms with E-state index in [4.69, 9.17) is 9.47 Å². The van der Waals surface area contributed by atoms with Crippen LogP contribution in [0.3, 0.4) is 0 Å². The molecule has 5 heteroatoms. The van der Waals surface area contributed by atoms with Crippen LogP contribution in [0, 0.1) is 0 Å². The van der Waals surface area contributed by atoms with Crippen molar-refractivity contribution in [2.45, 2.75) is 13.3 Å². The fraction of sp³-hybridized carbons (Fsp3) is 0.235. The van der Waals surface area contributed by atoms with Crippen molar-refractivity contribution >= 4 is 17.4 Å². The minimum Gasteiger partial charge on any atom is -0.497 e. The van der Waals surface area contributed by atoms with Crippen LogP contribution in [0.2, 0.25) is 0 Å². The predicted octanol–water partition coefficient (Wildman–Crippen LogP) is 3.91. The normalized spacial score (nSPS) is 9.95. The molecular formula is C17H20N2O3. The quantitative estimate of drug-likeness (QED) is 0.880. The highest BCUT2D eigenvalue weighted by Gasteiger charge is 2.06. The maximum absolute atomic E-state index is 12.0. The van der Waals surface area contributed by atoms with Gasteiger partial charge in [-0.25, -0.2) is 4.79 Å². The monoisotopic (exact) mass is 300 g/mol. The van der Waals surface area contributed by atoms with Crippen molar-refractivity contribution in [3.05, 3.63) is 48.0 Å². The number of rotatable bonds is 5. The van der Waals surface area contributed by atoms with Gasteiger partial charge in [0, 0.05) is 29.6 Å². The molecule has 5 nitrogen and oxygen atoms in total. The molecule has 0 radical (unpaired) electrons. The van der Waals surface area contributed by atoms with Crippen molar-refractivity contribution in [1.29, 1.82) is 0 Å². The lowest BCUT2D eigenvalue weighted by atomic mass is 10.1. The second-order valence-electron chi connectivity index (χ2n) is 4.73. The van der Waals surface area contributed by atoms with Crippen LogP contribution in [0.25, 0.3) is 0 Å². The number of aryl methyl sites for hydroxylation is 1. The second kappa shape index (κ2) is 7.36. The zero-order chi connectivity index (χ0) is 15.9. The SMILES string of the molecule is CCc1ccc(NC(=O)Nc2cc(OC)cc(OC)c2)cc1. The van der Waals surface area contributed by atoms with E-state index in [1.807, 2.05) is 24.3 Å². The summed E-state index contributed by atoms with van der Waals surface area (Å²) in [4.78, 5) is 12.0. The molecule has 0 heterocycles. The van der Waals surface area contributed by atoms with Gasteiger partial charge in [0.25, 0.3) is 0 Å². The lowest BCUT2D eigenvalue weighted by Crippen LogP contribution is -2.19. The summed E-state index contributed by atoms with van der Waals surface area (Å²) in [7, 11) is 3.13. The van der Waals surface area contributed by atoms with Crippen LogP contribution >= 0.6 is 0 Å². The highest BCUT2D eigenvalue weighted by molar-refractivity contribution is 6.00. The Kier molecular flexibility index (Phi) is 5.25. The minimum atomic E-state index is -0.320. The van der Waals surface area contributed by atoms with E-state index in [9.17, 15) is 4.79 Å². The summed E-state index contributed by atoms with van der Waals surface area (Å²) < 4.78 is 10.3. The molecule has 0 bridgehead atoms. The number of amides is 2. The van der Waals surface area contributed by atoms with Gasteiger partial charge >= 0.3 is 6.03 Å². The average Bonchev–Trinajstić information content (AvgIpc) is 2.55. The molecule has 116 valence electrons. The number of urea groups is 1. The topological polar surface area (TPSA) is 59.6 Å². The third-order valence-corrected chi connectivity index (χ3v) is 3.23. The van der Waals surface area contributed by atoms with Crippen molar-refractivity contribution < 1.29 is 14.3 Å². The van der Waals surface area contributed by atoms with E-state index >= 15 is 0 Å². The Morgan fingerprint density at radius 3 is 1.95 bits per heavy atom. The summed E-state index contributed by atoms with van der Waals surface area (Å²) in [5.41, 5.74) is 2.56. The second-order valence-corrected chi connectivity index (χ2v) is 4.73. The molecule has 0 aliphatic heterocycles. The smallest absolute Gasteiger partial charge is 0.323 e. The fourth-order valence-corrected chi connectivity index (χ4v) is 2.00. The maximum Gasteiger partial charge on any atom is 0.323 e. The van der Waals surface area contributed by atoms with E-state index in [1.165, 1.54) is 5.56 Å². The summed E-state index contributed by atoms with van der Waals surface area (Å²) >= 11 is 0. The molecule has 0 spiro atoms. The van der Waals surface area contributed by atoms with E-state index in [0.717, 1.165) is 12.1 Å². The maximum atomic E-state index is 12.0. The molecule has 2 rings (SSSR count). The molecule has 2 aromatic rings. The first kappa shape index (κ1) is 15.7. The summed E-state index contributed by atoms with van der Waals surface area (Å²) in [5.74, 6) is 1.23. The number of anilines is 2. The molecule has 0 saturated heterocycles. The Morgan fingerprint density at radius 2 is 1.45 bits per heavy atom. The van der Waals surface area contributed by atoms with Crippen LogP contribution in [0.1, 0.15) is 12.5 Å². The molecule has 0 atom stereocenters. The van der Waals surface area contributed by atoms with Gasteiger partial charge in [-0.2, -0.15) is 0 Å². The first-order chi connectivity index (χ1) is 10.6. The number of hydrogen-bond acceptors (Lipinski definition) is 3. The number of methoxy groups -OCH3 is 2. The van der Waals surface area contributed by atoms with Crippen LogP contribution < -0.4 is 20.1 Å². The van der Waals surface area contributed by atoms with Gasteiger partial charge in [0.1, 0.15) is 11.5 Å². The van der Waals surface area contributed by atoms with E-state index in [2.05, 4.69) is 17.6 Å². The summed E-state index contributed by atoms with van der Waals surface area (Å²) in [6, 6.07) is 12.6. The number of nitrogens with one attached hydrogen (secondary N) is 2. The number of carbonyl (C=O) groups is 1. The van der Waals surface area contributed by atoms with Gasteiger partial charge in [0.2, 0.25) is 0 Å². The van der Waals surface area contributed by atoms with Crippen molar-refractivity contribution in [2.75, 3.05) is 24.9 Å². The molecule has 2 aromatic carbocycles.